The molecule has 1 atom stereocenters. The second-order valence-corrected chi connectivity index (χ2v) is 9.19. The average Bonchev–Trinajstić information content (AvgIpc) is 2.69. The molecule has 1 heterocycles. The Bertz CT molecular complexity index is 666. The molecule has 1 aromatic rings. The van der Waals surface area contributed by atoms with Gasteiger partial charge in [-0.3, -0.25) is 0 Å². The molecule has 0 saturated carbocycles. The van der Waals surface area contributed by atoms with Crippen molar-refractivity contribution < 1.29 is 16.8 Å². The van der Waals surface area contributed by atoms with Gasteiger partial charge in [0.25, 0.3) is 0 Å². The largest absolute Gasteiger partial charge is 0.399 e. The maximum Gasteiger partial charge on any atom is 0.215 e. The summed E-state index contributed by atoms with van der Waals surface area (Å²) in [6.45, 7) is -0.0420. The van der Waals surface area contributed by atoms with Crippen molar-refractivity contribution in [2.75, 3.05) is 18.0 Å². The molecule has 1 fully saturated rings. The van der Waals surface area contributed by atoms with Crippen molar-refractivity contribution in [2.24, 2.45) is 0 Å². The van der Waals surface area contributed by atoms with Gasteiger partial charge < -0.3 is 5.73 Å². The summed E-state index contributed by atoms with van der Waals surface area (Å²) in [4.78, 5) is 0. The molecule has 1 saturated heterocycles. The van der Waals surface area contributed by atoms with Gasteiger partial charge in [-0.05, 0) is 30.5 Å². The lowest BCUT2D eigenvalue weighted by atomic mass is 10.2. The fourth-order valence-corrected chi connectivity index (χ4v) is 5.25. The number of rotatable bonds is 5. The summed E-state index contributed by atoms with van der Waals surface area (Å²) in [7, 11) is -6.67. The molecule has 8 heteroatoms. The number of sulfonamides is 1. The number of benzene rings is 1. The van der Waals surface area contributed by atoms with Crippen molar-refractivity contribution >= 4 is 25.5 Å². The van der Waals surface area contributed by atoms with Crippen LogP contribution in [0, 0.1) is 0 Å². The molecule has 1 aliphatic heterocycles. The molecular formula is C12H18N2O4S2. The van der Waals surface area contributed by atoms with Gasteiger partial charge in [0.05, 0.1) is 16.8 Å². The predicted molar refractivity (Wildman–Crippen MR) is 78.3 cm³/mol. The molecule has 6 nitrogen and oxygen atoms in total. The van der Waals surface area contributed by atoms with Gasteiger partial charge >= 0.3 is 0 Å². The van der Waals surface area contributed by atoms with Gasteiger partial charge in [-0.1, -0.05) is 12.1 Å². The Morgan fingerprint density at radius 2 is 1.90 bits per heavy atom. The van der Waals surface area contributed by atoms with Crippen LogP contribution in [0.2, 0.25) is 0 Å². The standard InChI is InChI=1S/C12H18N2O4S2/c13-11-5-3-10(4-6-11)9-20(17,18)14-8-12-2-1-7-19(12,15)16/h3-6,12,14H,1-2,7-9,13H2. The molecular weight excluding hydrogens is 300 g/mol. The fraction of sp³-hybridized carbons (Fsp3) is 0.500. The molecule has 112 valence electrons. The van der Waals surface area contributed by atoms with Crippen LogP contribution < -0.4 is 10.5 Å². The van der Waals surface area contributed by atoms with E-state index in [0.717, 1.165) is 0 Å². The fourth-order valence-electron chi connectivity index (χ4n) is 2.19. The van der Waals surface area contributed by atoms with Gasteiger partial charge in [0.15, 0.2) is 9.84 Å². The molecule has 20 heavy (non-hydrogen) atoms. The van der Waals surface area contributed by atoms with Crippen LogP contribution in [0.25, 0.3) is 0 Å². The van der Waals surface area contributed by atoms with E-state index in [1.54, 1.807) is 24.3 Å². The molecule has 0 radical (unpaired) electrons. The highest BCUT2D eigenvalue weighted by Crippen LogP contribution is 2.19. The zero-order chi connectivity index (χ0) is 14.8. The van der Waals surface area contributed by atoms with Crippen LogP contribution in [0.1, 0.15) is 18.4 Å². The SMILES string of the molecule is Nc1ccc(CS(=O)(=O)NCC2CCCS2(=O)=O)cc1. The molecule has 0 amide bonds. The van der Waals surface area contributed by atoms with Gasteiger partial charge in [-0.15, -0.1) is 0 Å². The van der Waals surface area contributed by atoms with Gasteiger partial charge in [-0.25, -0.2) is 21.6 Å². The third-order valence-corrected chi connectivity index (χ3v) is 6.93. The van der Waals surface area contributed by atoms with Crippen molar-refractivity contribution in [3.63, 3.8) is 0 Å². The topological polar surface area (TPSA) is 106 Å². The second-order valence-electron chi connectivity index (χ2n) is 4.98. The molecule has 1 unspecified atom stereocenters. The summed E-state index contributed by atoms with van der Waals surface area (Å²) in [5, 5.41) is -0.594. The van der Waals surface area contributed by atoms with Crippen molar-refractivity contribution in [3.8, 4) is 0 Å². The van der Waals surface area contributed by atoms with E-state index in [1.807, 2.05) is 0 Å². The molecule has 0 aromatic heterocycles. The summed E-state index contributed by atoms with van der Waals surface area (Å²) in [5.41, 5.74) is 6.71. The van der Waals surface area contributed by atoms with Crippen molar-refractivity contribution in [1.29, 1.82) is 0 Å². The lowest BCUT2D eigenvalue weighted by Gasteiger charge is -2.11. The number of nitrogens with one attached hydrogen (secondary N) is 1. The van der Waals surface area contributed by atoms with Crippen molar-refractivity contribution in [3.05, 3.63) is 29.8 Å². The smallest absolute Gasteiger partial charge is 0.215 e. The summed E-state index contributed by atoms with van der Waals surface area (Å²) < 4.78 is 49.5. The van der Waals surface area contributed by atoms with Crippen LogP contribution in [0.5, 0.6) is 0 Å². The first-order valence-corrected chi connectivity index (χ1v) is 9.69. The zero-order valence-electron chi connectivity index (χ0n) is 10.9. The average molecular weight is 318 g/mol. The monoisotopic (exact) mass is 318 g/mol. The molecule has 0 bridgehead atoms. The number of anilines is 1. The normalized spacial score (nSPS) is 21.9. The number of hydrogen-bond donors (Lipinski definition) is 2. The first kappa shape index (κ1) is 15.3. The minimum Gasteiger partial charge on any atom is -0.399 e. The lowest BCUT2D eigenvalue weighted by Crippen LogP contribution is -2.35. The highest BCUT2D eigenvalue weighted by Gasteiger charge is 2.31. The number of nitrogen functional groups attached to an aromatic ring is 1. The first-order chi connectivity index (χ1) is 9.28. The van der Waals surface area contributed by atoms with E-state index < -0.39 is 25.1 Å². The quantitative estimate of drug-likeness (QED) is 0.758. The third-order valence-electron chi connectivity index (χ3n) is 3.33. The molecule has 1 aliphatic rings. The highest BCUT2D eigenvalue weighted by atomic mass is 32.2. The van der Waals surface area contributed by atoms with E-state index in [-0.39, 0.29) is 18.1 Å². The van der Waals surface area contributed by atoms with E-state index in [2.05, 4.69) is 4.72 Å². The Balaban J connectivity index is 1.96. The minimum atomic E-state index is -3.54. The van der Waals surface area contributed by atoms with E-state index in [1.165, 1.54) is 0 Å². The molecule has 3 N–H and O–H groups in total. The van der Waals surface area contributed by atoms with Crippen LogP contribution in [0.3, 0.4) is 0 Å². The van der Waals surface area contributed by atoms with Crippen LogP contribution in [0.15, 0.2) is 24.3 Å². The summed E-state index contributed by atoms with van der Waals surface area (Å²) in [5.74, 6) is -0.0304. The number of sulfone groups is 1. The van der Waals surface area contributed by atoms with Gasteiger partial charge in [0, 0.05) is 12.2 Å². The summed E-state index contributed by atoms with van der Waals surface area (Å²) in [6, 6.07) is 6.54. The van der Waals surface area contributed by atoms with E-state index in [4.69, 9.17) is 5.73 Å². The molecule has 0 spiro atoms. The highest BCUT2D eigenvalue weighted by molar-refractivity contribution is 7.92. The zero-order valence-corrected chi connectivity index (χ0v) is 12.6. The molecule has 1 aromatic carbocycles. The van der Waals surface area contributed by atoms with Crippen molar-refractivity contribution in [1.82, 2.24) is 4.72 Å². The Labute approximate surface area is 119 Å². The van der Waals surface area contributed by atoms with Gasteiger partial charge in [0.1, 0.15) is 0 Å². The van der Waals surface area contributed by atoms with Gasteiger partial charge in [0.2, 0.25) is 10.0 Å². The van der Waals surface area contributed by atoms with E-state index in [0.29, 0.717) is 24.1 Å². The van der Waals surface area contributed by atoms with Crippen LogP contribution in [0.4, 0.5) is 5.69 Å². The van der Waals surface area contributed by atoms with Crippen LogP contribution >= 0.6 is 0 Å². The number of nitrogens with two attached hydrogens (primary N) is 1. The molecule has 0 aliphatic carbocycles. The maximum absolute atomic E-state index is 11.9. The first-order valence-electron chi connectivity index (χ1n) is 6.32. The Hall–Kier alpha value is -1.12. The second kappa shape index (κ2) is 5.71. The van der Waals surface area contributed by atoms with E-state index in [9.17, 15) is 16.8 Å². The third kappa shape index (κ3) is 3.94. The van der Waals surface area contributed by atoms with Crippen molar-refractivity contribution in [2.45, 2.75) is 23.8 Å². The molecule has 2 rings (SSSR count). The summed E-state index contributed by atoms with van der Waals surface area (Å²) in [6.07, 6.45) is 1.12. The van der Waals surface area contributed by atoms with Crippen LogP contribution in [-0.2, 0) is 25.6 Å². The minimum absolute atomic E-state index is 0.0420. The van der Waals surface area contributed by atoms with E-state index >= 15 is 0 Å². The Morgan fingerprint density at radius 3 is 2.45 bits per heavy atom. The number of hydrogen-bond acceptors (Lipinski definition) is 5. The lowest BCUT2D eigenvalue weighted by molar-refractivity contribution is 0.570. The summed E-state index contributed by atoms with van der Waals surface area (Å²) >= 11 is 0. The predicted octanol–water partition coefficient (Wildman–Crippen LogP) is 0.265. The Kier molecular flexibility index (Phi) is 4.36. The maximum atomic E-state index is 11.9. The van der Waals surface area contributed by atoms with Crippen LogP contribution in [-0.4, -0.2) is 34.4 Å². The van der Waals surface area contributed by atoms with Gasteiger partial charge in [-0.2, -0.15) is 0 Å². The Morgan fingerprint density at radius 1 is 1.25 bits per heavy atom.